The molecule has 2 aromatic heterocycles. The molecule has 4 rings (SSSR count). The van der Waals surface area contributed by atoms with Gasteiger partial charge < -0.3 is 10.0 Å². The molecule has 1 unspecified atom stereocenters. The SMILES string of the molecule is CCc1ccc(-c2cc3c(N4CCCC(O)C4)nccn3n2)cc1. The molecule has 1 aliphatic rings. The molecule has 1 saturated heterocycles. The summed E-state index contributed by atoms with van der Waals surface area (Å²) < 4.78 is 1.88. The van der Waals surface area contributed by atoms with Gasteiger partial charge in [0.25, 0.3) is 0 Å². The minimum Gasteiger partial charge on any atom is -0.391 e. The molecule has 0 saturated carbocycles. The normalized spacial score (nSPS) is 18.2. The van der Waals surface area contributed by atoms with E-state index < -0.39 is 0 Å². The molecule has 5 nitrogen and oxygen atoms in total. The number of β-amino-alcohol motifs (C(OH)–C–C–N with tert-alkyl or cyclic N) is 1. The van der Waals surface area contributed by atoms with E-state index in [9.17, 15) is 5.11 Å². The fourth-order valence-corrected chi connectivity index (χ4v) is 3.35. The number of fused-ring (bicyclic) bond motifs is 1. The molecule has 0 radical (unpaired) electrons. The van der Waals surface area contributed by atoms with E-state index in [1.54, 1.807) is 6.20 Å². The largest absolute Gasteiger partial charge is 0.391 e. The van der Waals surface area contributed by atoms with Gasteiger partial charge in [-0.15, -0.1) is 0 Å². The van der Waals surface area contributed by atoms with Crippen LogP contribution in [0.25, 0.3) is 16.8 Å². The summed E-state index contributed by atoms with van der Waals surface area (Å²) in [4.78, 5) is 6.72. The first kappa shape index (κ1) is 15.1. The summed E-state index contributed by atoms with van der Waals surface area (Å²) in [5.74, 6) is 0.903. The van der Waals surface area contributed by atoms with Crippen LogP contribution < -0.4 is 4.90 Å². The molecule has 1 aliphatic heterocycles. The zero-order valence-corrected chi connectivity index (χ0v) is 13.9. The lowest BCUT2D eigenvalue weighted by molar-refractivity contribution is 0.154. The molecule has 0 bridgehead atoms. The topological polar surface area (TPSA) is 53.7 Å². The number of aromatic nitrogens is 3. The summed E-state index contributed by atoms with van der Waals surface area (Å²) >= 11 is 0. The van der Waals surface area contributed by atoms with Crippen LogP contribution in [0, 0.1) is 0 Å². The first-order valence-corrected chi connectivity index (χ1v) is 8.61. The van der Waals surface area contributed by atoms with Gasteiger partial charge in [-0.3, -0.25) is 0 Å². The van der Waals surface area contributed by atoms with E-state index >= 15 is 0 Å². The number of hydrogen-bond acceptors (Lipinski definition) is 4. The van der Waals surface area contributed by atoms with Crippen molar-refractivity contribution in [2.45, 2.75) is 32.3 Å². The first-order chi connectivity index (χ1) is 11.7. The second-order valence-electron chi connectivity index (χ2n) is 6.40. The van der Waals surface area contributed by atoms with Crippen LogP contribution in [0.15, 0.2) is 42.7 Å². The number of benzene rings is 1. The van der Waals surface area contributed by atoms with E-state index in [0.29, 0.717) is 6.54 Å². The summed E-state index contributed by atoms with van der Waals surface area (Å²) in [5, 5.41) is 14.7. The van der Waals surface area contributed by atoms with Crippen LogP contribution in [0.4, 0.5) is 5.82 Å². The lowest BCUT2D eigenvalue weighted by atomic mass is 10.1. The van der Waals surface area contributed by atoms with E-state index in [0.717, 1.165) is 48.4 Å². The molecule has 0 amide bonds. The Morgan fingerprint density at radius 2 is 2.08 bits per heavy atom. The molecule has 124 valence electrons. The summed E-state index contributed by atoms with van der Waals surface area (Å²) in [6.07, 6.45) is 6.28. The number of nitrogens with zero attached hydrogens (tertiary/aromatic N) is 4. The Morgan fingerprint density at radius 1 is 1.25 bits per heavy atom. The fraction of sp³-hybridized carbons (Fsp3) is 0.368. The van der Waals surface area contributed by atoms with Gasteiger partial charge in [-0.05, 0) is 30.9 Å². The van der Waals surface area contributed by atoms with Crippen LogP contribution in [0.1, 0.15) is 25.3 Å². The molecule has 3 heterocycles. The lowest BCUT2D eigenvalue weighted by Gasteiger charge is -2.31. The maximum absolute atomic E-state index is 9.95. The van der Waals surface area contributed by atoms with Gasteiger partial charge in [0.1, 0.15) is 5.52 Å². The number of hydrogen-bond donors (Lipinski definition) is 1. The highest BCUT2D eigenvalue weighted by Gasteiger charge is 2.21. The van der Waals surface area contributed by atoms with Gasteiger partial charge in [-0.25, -0.2) is 9.50 Å². The number of aryl methyl sites for hydroxylation is 1. The number of rotatable bonds is 3. The minimum absolute atomic E-state index is 0.273. The van der Waals surface area contributed by atoms with Crippen molar-refractivity contribution in [1.82, 2.24) is 14.6 Å². The van der Waals surface area contributed by atoms with Crippen molar-refractivity contribution >= 4 is 11.3 Å². The third-order valence-electron chi connectivity index (χ3n) is 4.72. The Labute approximate surface area is 141 Å². The zero-order chi connectivity index (χ0) is 16.5. The highest BCUT2D eigenvalue weighted by molar-refractivity contribution is 5.75. The van der Waals surface area contributed by atoms with Crippen LogP contribution in [-0.2, 0) is 6.42 Å². The third kappa shape index (κ3) is 2.76. The van der Waals surface area contributed by atoms with Crippen molar-refractivity contribution in [2.75, 3.05) is 18.0 Å². The average Bonchev–Trinajstić information content (AvgIpc) is 3.06. The second-order valence-corrected chi connectivity index (χ2v) is 6.40. The number of piperidine rings is 1. The zero-order valence-electron chi connectivity index (χ0n) is 13.9. The van der Waals surface area contributed by atoms with Crippen molar-refractivity contribution < 1.29 is 5.11 Å². The molecular weight excluding hydrogens is 300 g/mol. The Bertz CT molecular complexity index is 840. The highest BCUT2D eigenvalue weighted by atomic mass is 16.3. The fourth-order valence-electron chi connectivity index (χ4n) is 3.35. The summed E-state index contributed by atoms with van der Waals surface area (Å²) in [7, 11) is 0. The third-order valence-corrected chi connectivity index (χ3v) is 4.72. The number of anilines is 1. The smallest absolute Gasteiger partial charge is 0.154 e. The molecule has 1 fully saturated rings. The van der Waals surface area contributed by atoms with Gasteiger partial charge in [-0.2, -0.15) is 5.10 Å². The van der Waals surface area contributed by atoms with Gasteiger partial charge >= 0.3 is 0 Å². The molecule has 1 N–H and O–H groups in total. The van der Waals surface area contributed by atoms with Crippen molar-refractivity contribution in [3.8, 4) is 11.3 Å². The molecule has 5 heteroatoms. The van der Waals surface area contributed by atoms with Crippen molar-refractivity contribution in [3.63, 3.8) is 0 Å². The van der Waals surface area contributed by atoms with Gasteiger partial charge in [0.05, 0.1) is 11.8 Å². The van der Waals surface area contributed by atoms with Crippen LogP contribution in [0.3, 0.4) is 0 Å². The van der Waals surface area contributed by atoms with Crippen molar-refractivity contribution in [2.24, 2.45) is 0 Å². The van der Waals surface area contributed by atoms with Gasteiger partial charge in [-0.1, -0.05) is 31.2 Å². The lowest BCUT2D eigenvalue weighted by Crippen LogP contribution is -2.38. The van der Waals surface area contributed by atoms with Gasteiger partial charge in [0.2, 0.25) is 0 Å². The summed E-state index contributed by atoms with van der Waals surface area (Å²) in [5.41, 5.74) is 4.37. The second kappa shape index (κ2) is 6.24. The predicted molar refractivity (Wildman–Crippen MR) is 95.3 cm³/mol. The highest BCUT2D eigenvalue weighted by Crippen LogP contribution is 2.27. The Kier molecular flexibility index (Phi) is 3.94. The predicted octanol–water partition coefficient (Wildman–Crippen LogP) is 2.92. The summed E-state index contributed by atoms with van der Waals surface area (Å²) in [6.45, 7) is 3.72. The maximum atomic E-state index is 9.95. The van der Waals surface area contributed by atoms with E-state index in [4.69, 9.17) is 5.10 Å². The van der Waals surface area contributed by atoms with Gasteiger partial charge in [0, 0.05) is 31.0 Å². The van der Waals surface area contributed by atoms with Crippen molar-refractivity contribution in [3.05, 3.63) is 48.3 Å². The molecule has 1 atom stereocenters. The van der Waals surface area contributed by atoms with Crippen LogP contribution in [0.2, 0.25) is 0 Å². The standard InChI is InChI=1S/C19H22N4O/c1-2-14-5-7-15(8-6-14)17-12-18-19(20-9-11-23(18)21-17)22-10-3-4-16(24)13-22/h5-9,11-12,16,24H,2-4,10,13H2,1H3. The molecule has 3 aromatic rings. The first-order valence-electron chi connectivity index (χ1n) is 8.61. The van der Waals surface area contributed by atoms with E-state index in [-0.39, 0.29) is 6.10 Å². The Morgan fingerprint density at radius 3 is 2.83 bits per heavy atom. The average molecular weight is 322 g/mol. The monoisotopic (exact) mass is 322 g/mol. The van der Waals surface area contributed by atoms with Crippen molar-refractivity contribution in [1.29, 1.82) is 0 Å². The molecule has 0 aliphatic carbocycles. The molecule has 24 heavy (non-hydrogen) atoms. The maximum Gasteiger partial charge on any atom is 0.154 e. The quantitative estimate of drug-likeness (QED) is 0.805. The summed E-state index contributed by atoms with van der Waals surface area (Å²) in [6, 6.07) is 10.6. The molecule has 0 spiro atoms. The number of aliphatic hydroxyl groups is 1. The Balaban J connectivity index is 1.73. The van der Waals surface area contributed by atoms with E-state index in [2.05, 4.69) is 47.1 Å². The molecule has 1 aromatic carbocycles. The van der Waals surface area contributed by atoms with Crippen LogP contribution in [0.5, 0.6) is 0 Å². The van der Waals surface area contributed by atoms with E-state index in [1.165, 1.54) is 5.56 Å². The van der Waals surface area contributed by atoms with Gasteiger partial charge in [0.15, 0.2) is 5.82 Å². The minimum atomic E-state index is -0.273. The van der Waals surface area contributed by atoms with Crippen LogP contribution >= 0.6 is 0 Å². The molecular formula is C19H22N4O. The van der Waals surface area contributed by atoms with E-state index in [1.807, 2.05) is 10.7 Å². The Hall–Kier alpha value is -2.40. The number of aliphatic hydroxyl groups excluding tert-OH is 1. The van der Waals surface area contributed by atoms with Crippen LogP contribution in [-0.4, -0.2) is 38.9 Å².